The van der Waals surface area contributed by atoms with E-state index in [0.717, 1.165) is 0 Å². The Balaban J connectivity index is 0.00000144. The minimum Gasteiger partial charge on any atom is -1.00 e. The molecule has 0 aromatic carbocycles. The van der Waals surface area contributed by atoms with Gasteiger partial charge in [0.1, 0.15) is 0 Å². The number of amides is 1. The Morgan fingerprint density at radius 1 is 1.29 bits per heavy atom. The molecule has 0 saturated carbocycles. The first-order valence-electron chi connectivity index (χ1n) is 4.78. The number of halogens is 1. The van der Waals surface area contributed by atoms with Crippen molar-refractivity contribution < 1.29 is 31.9 Å². The van der Waals surface area contributed by atoms with Crippen LogP contribution in [0.4, 0.5) is 0 Å². The van der Waals surface area contributed by atoms with E-state index in [1.807, 2.05) is 6.07 Å². The smallest absolute Gasteiger partial charge is 0.416 e. The van der Waals surface area contributed by atoms with Gasteiger partial charge in [-0.1, -0.05) is 6.07 Å². The van der Waals surface area contributed by atoms with Crippen molar-refractivity contribution in [1.82, 2.24) is 0 Å². The van der Waals surface area contributed by atoms with Crippen LogP contribution in [0.15, 0.2) is 48.1 Å². The normalized spacial score (nSPS) is 19.8. The Morgan fingerprint density at radius 2 is 1.88 bits per heavy atom. The Hall–Kier alpha value is -1.69. The summed E-state index contributed by atoms with van der Waals surface area (Å²) in [5, 5.41) is 19.7. The summed E-state index contributed by atoms with van der Waals surface area (Å²) in [5.41, 5.74) is 0.849. The summed E-state index contributed by atoms with van der Waals surface area (Å²) in [5.74, 6) is -1.18. The minimum absolute atomic E-state index is 0. The summed E-state index contributed by atoms with van der Waals surface area (Å²) in [6.07, 6.45) is 4.67. The molecule has 5 nitrogen and oxygen atoms in total. The van der Waals surface area contributed by atoms with Crippen LogP contribution in [0.3, 0.4) is 0 Å². The molecule has 0 saturated heterocycles. The lowest BCUT2D eigenvalue weighted by atomic mass is 10.1. The second kappa shape index (κ2) is 5.09. The average molecular weight is 255 g/mol. The molecule has 1 unspecified atom stereocenters. The molecule has 17 heavy (non-hydrogen) atoms. The zero-order valence-corrected chi connectivity index (χ0v) is 9.81. The molecule has 2 rings (SSSR count). The highest BCUT2D eigenvalue weighted by Crippen LogP contribution is 2.09. The molecule has 1 aromatic rings. The van der Waals surface area contributed by atoms with Gasteiger partial charge in [-0.25, -0.2) is 9.86 Å². The van der Waals surface area contributed by atoms with Gasteiger partial charge in [0.2, 0.25) is 0 Å². The fraction of sp³-hybridized carbons (Fsp3) is 0.0909. The van der Waals surface area contributed by atoms with E-state index in [-0.39, 0.29) is 18.1 Å². The number of hydrogen-bond donors (Lipinski definition) is 2. The van der Waals surface area contributed by atoms with Gasteiger partial charge in [0.15, 0.2) is 12.4 Å². The fourth-order valence-electron chi connectivity index (χ4n) is 1.61. The molecular formula is C11H11ClN2O3. The molecule has 2 N–H and O–H groups in total. The van der Waals surface area contributed by atoms with E-state index in [0.29, 0.717) is 5.57 Å². The zero-order valence-electron chi connectivity index (χ0n) is 9.05. The molecule has 0 radical (unpaired) electrons. The first kappa shape index (κ1) is 13.4. The maximum atomic E-state index is 11.7. The average Bonchev–Trinajstić information content (AvgIpc) is 2.28. The summed E-state index contributed by atoms with van der Waals surface area (Å²) in [6.45, 7) is 1.68. The lowest BCUT2D eigenvalue weighted by Crippen LogP contribution is -3.09. The first-order chi connectivity index (χ1) is 7.61. The van der Waals surface area contributed by atoms with E-state index < -0.39 is 16.9 Å². The van der Waals surface area contributed by atoms with Crippen LogP contribution in [0, 0.1) is 5.21 Å². The Morgan fingerprint density at radius 3 is 2.47 bits per heavy atom. The van der Waals surface area contributed by atoms with Crippen molar-refractivity contribution in [2.45, 2.75) is 6.92 Å². The molecular weight excluding hydrogens is 244 g/mol. The van der Waals surface area contributed by atoms with Crippen LogP contribution < -0.4 is 22.0 Å². The van der Waals surface area contributed by atoms with Gasteiger partial charge in [-0.2, -0.15) is 4.57 Å². The summed E-state index contributed by atoms with van der Waals surface area (Å²) in [7, 11) is 0. The molecule has 1 aromatic heterocycles. The predicted octanol–water partition coefficient (Wildman–Crippen LogP) is -3.47. The third-order valence-corrected chi connectivity index (χ3v) is 2.35. The molecule has 0 fully saturated rings. The number of nitrogens with one attached hydrogen (secondary N) is 1. The van der Waals surface area contributed by atoms with Crippen molar-refractivity contribution in [2.24, 2.45) is 0 Å². The Labute approximate surface area is 104 Å². The van der Waals surface area contributed by atoms with Crippen LogP contribution in [-0.4, -0.2) is 11.0 Å². The van der Waals surface area contributed by atoms with Crippen molar-refractivity contribution in [2.75, 3.05) is 0 Å². The molecule has 0 aliphatic carbocycles. The Kier molecular flexibility index (Phi) is 4.01. The van der Waals surface area contributed by atoms with E-state index >= 15 is 0 Å². The summed E-state index contributed by atoms with van der Waals surface area (Å²) in [4.78, 5) is 11.7. The quantitative estimate of drug-likeness (QED) is 0.404. The van der Waals surface area contributed by atoms with Crippen LogP contribution in [0.25, 0.3) is 5.70 Å². The number of allylic oxidation sites excluding steroid dienone is 2. The van der Waals surface area contributed by atoms with Gasteiger partial charge in [0.05, 0.1) is 0 Å². The van der Waals surface area contributed by atoms with E-state index in [4.69, 9.17) is 0 Å². The number of carbonyl (C=O) groups is 1. The number of rotatable bonds is 1. The molecule has 1 aliphatic heterocycles. The SMILES string of the molecule is CC1=C([n+]2ccccc2)C(=O)[NH+]([O-])C(O)=C1.[Cl-]. The topological polar surface area (TPSA) is 68.7 Å². The fourth-order valence-corrected chi connectivity index (χ4v) is 1.61. The van der Waals surface area contributed by atoms with Crippen molar-refractivity contribution in [3.8, 4) is 0 Å². The highest BCUT2D eigenvalue weighted by atomic mass is 35.5. The predicted molar refractivity (Wildman–Crippen MR) is 55.6 cm³/mol. The van der Waals surface area contributed by atoms with Gasteiger partial charge in [-0.15, -0.1) is 0 Å². The van der Waals surface area contributed by atoms with Crippen molar-refractivity contribution in [3.05, 3.63) is 53.3 Å². The van der Waals surface area contributed by atoms with Gasteiger partial charge >= 0.3 is 11.6 Å². The highest BCUT2D eigenvalue weighted by Gasteiger charge is 2.35. The summed E-state index contributed by atoms with van der Waals surface area (Å²) >= 11 is 0. The maximum Gasteiger partial charge on any atom is 0.416 e. The van der Waals surface area contributed by atoms with Crippen LogP contribution in [-0.2, 0) is 4.79 Å². The van der Waals surface area contributed by atoms with Gasteiger partial charge in [-0.3, -0.25) is 0 Å². The summed E-state index contributed by atoms with van der Waals surface area (Å²) < 4.78 is 1.57. The van der Waals surface area contributed by atoms with Crippen LogP contribution in [0.2, 0.25) is 0 Å². The maximum absolute atomic E-state index is 11.7. The lowest BCUT2D eigenvalue weighted by Gasteiger charge is -2.20. The molecule has 2 heterocycles. The highest BCUT2D eigenvalue weighted by molar-refractivity contribution is 6.07. The number of aliphatic hydroxyl groups excluding tert-OH is 1. The number of hydroxylamine groups is 2. The van der Waals surface area contributed by atoms with Crippen molar-refractivity contribution in [1.29, 1.82) is 0 Å². The first-order valence-corrected chi connectivity index (χ1v) is 4.78. The van der Waals surface area contributed by atoms with Crippen molar-refractivity contribution >= 4 is 11.6 Å². The second-order valence-corrected chi connectivity index (χ2v) is 3.50. The van der Waals surface area contributed by atoms with Crippen LogP contribution in [0.1, 0.15) is 6.92 Å². The van der Waals surface area contributed by atoms with E-state index in [1.165, 1.54) is 6.08 Å². The number of pyridine rings is 1. The minimum atomic E-state index is -0.864. The lowest BCUT2D eigenvalue weighted by molar-refractivity contribution is -0.744. The van der Waals surface area contributed by atoms with E-state index in [1.54, 1.807) is 36.0 Å². The number of aliphatic hydroxyl groups is 1. The monoisotopic (exact) mass is 254 g/mol. The number of hydrogen-bond acceptors (Lipinski definition) is 3. The van der Waals surface area contributed by atoms with Gasteiger partial charge in [0, 0.05) is 23.8 Å². The second-order valence-electron chi connectivity index (χ2n) is 3.50. The van der Waals surface area contributed by atoms with Crippen LogP contribution in [0.5, 0.6) is 0 Å². The number of aromatic nitrogens is 1. The molecule has 6 heteroatoms. The molecule has 1 aliphatic rings. The van der Waals surface area contributed by atoms with Crippen LogP contribution >= 0.6 is 0 Å². The number of quaternary nitrogens is 1. The van der Waals surface area contributed by atoms with Crippen molar-refractivity contribution in [3.63, 3.8) is 0 Å². The molecule has 0 bridgehead atoms. The third-order valence-electron chi connectivity index (χ3n) is 2.35. The summed E-state index contributed by atoms with van der Waals surface area (Å²) in [6, 6.07) is 5.33. The number of nitrogens with zero attached hydrogens (tertiary/aromatic N) is 1. The van der Waals surface area contributed by atoms with Gasteiger partial charge < -0.3 is 22.7 Å². The van der Waals surface area contributed by atoms with E-state index in [2.05, 4.69) is 0 Å². The molecule has 0 spiro atoms. The largest absolute Gasteiger partial charge is 1.00 e. The molecule has 1 atom stereocenters. The Bertz CT molecular complexity index is 497. The standard InChI is InChI=1S/C11H10N2O3.ClH/c1-8-7-9(14)13(16)11(15)10(8)12-5-3-2-4-6-12;/h2-7,13H,1H3;1H. The molecule has 90 valence electrons. The zero-order chi connectivity index (χ0) is 11.7. The van der Waals surface area contributed by atoms with Gasteiger partial charge in [0.25, 0.3) is 5.88 Å². The van der Waals surface area contributed by atoms with Gasteiger partial charge in [-0.05, 0) is 6.92 Å². The third kappa shape index (κ3) is 2.36. The molecule has 1 amide bonds. The van der Waals surface area contributed by atoms with E-state index in [9.17, 15) is 15.1 Å². The number of carbonyl (C=O) groups excluding carboxylic acids is 1.